The summed E-state index contributed by atoms with van der Waals surface area (Å²) in [6.07, 6.45) is 0.539. The fourth-order valence-electron chi connectivity index (χ4n) is 4.52. The van der Waals surface area contributed by atoms with E-state index in [9.17, 15) is 24.4 Å². The standard InChI is InChI=1S/C29H23N2O9PS/c32-18-4-9-22-25(14-18)39-26-15-19(33)5-10-23(26)27(22)21-8-3-17(13-24(21)28(34)35)31-29(42)30-12-11-16-1-6-20(7-2-16)40-41(36,37)38/h1-10,13-15,32H,11-12H2,(H,34,35)(H2,30,31,42)(H2,36,37,38). The average Bonchev–Trinajstić information content (AvgIpc) is 2.92. The van der Waals surface area contributed by atoms with Crippen LogP contribution in [0, 0.1) is 0 Å². The molecule has 0 saturated heterocycles. The Bertz CT molecular complexity index is 1900. The average molecular weight is 607 g/mol. The number of rotatable bonds is 8. The Morgan fingerprint density at radius 2 is 1.69 bits per heavy atom. The van der Waals surface area contributed by atoms with Crippen LogP contribution in [0.2, 0.25) is 0 Å². The highest BCUT2D eigenvalue weighted by atomic mass is 32.1. The highest BCUT2D eigenvalue weighted by Crippen LogP contribution is 2.42. The van der Waals surface area contributed by atoms with E-state index in [4.69, 9.17) is 26.4 Å². The maximum Gasteiger partial charge on any atom is 0.524 e. The molecule has 0 fully saturated rings. The van der Waals surface area contributed by atoms with Crippen LogP contribution in [-0.4, -0.2) is 37.6 Å². The molecule has 0 bridgehead atoms. The maximum absolute atomic E-state index is 12.4. The van der Waals surface area contributed by atoms with E-state index in [0.29, 0.717) is 40.7 Å². The van der Waals surface area contributed by atoms with Gasteiger partial charge in [0.2, 0.25) is 0 Å². The van der Waals surface area contributed by atoms with Crippen molar-refractivity contribution in [3.63, 3.8) is 0 Å². The molecular formula is C29H23N2O9PS. The molecule has 0 atom stereocenters. The normalized spacial score (nSPS) is 11.4. The number of aromatic carboxylic acids is 1. The van der Waals surface area contributed by atoms with E-state index in [1.165, 1.54) is 42.5 Å². The molecule has 0 amide bonds. The Morgan fingerprint density at radius 1 is 0.952 bits per heavy atom. The van der Waals surface area contributed by atoms with Crippen LogP contribution < -0.4 is 20.6 Å². The van der Waals surface area contributed by atoms with Crippen molar-refractivity contribution in [2.75, 3.05) is 11.9 Å². The minimum atomic E-state index is -4.63. The van der Waals surface area contributed by atoms with Gasteiger partial charge in [-0.2, -0.15) is 0 Å². The van der Waals surface area contributed by atoms with Gasteiger partial charge in [0.1, 0.15) is 22.8 Å². The lowest BCUT2D eigenvalue weighted by atomic mass is 9.90. The lowest BCUT2D eigenvalue weighted by Crippen LogP contribution is -2.30. The van der Waals surface area contributed by atoms with Crippen molar-refractivity contribution in [3.05, 3.63) is 100 Å². The molecule has 2 aliphatic rings. The highest BCUT2D eigenvalue weighted by Gasteiger charge is 2.22. The van der Waals surface area contributed by atoms with Crippen LogP contribution in [0.25, 0.3) is 33.4 Å². The van der Waals surface area contributed by atoms with Gasteiger partial charge >= 0.3 is 13.8 Å². The summed E-state index contributed by atoms with van der Waals surface area (Å²) in [4.78, 5) is 42.2. The van der Waals surface area contributed by atoms with Gasteiger partial charge in [-0.1, -0.05) is 18.2 Å². The first kappa shape index (κ1) is 28.8. The first-order valence-corrected chi connectivity index (χ1v) is 14.4. The van der Waals surface area contributed by atoms with Gasteiger partial charge in [-0.3, -0.25) is 14.6 Å². The minimum Gasteiger partial charge on any atom is -0.508 e. The van der Waals surface area contributed by atoms with Gasteiger partial charge in [0.25, 0.3) is 0 Å². The quantitative estimate of drug-likeness (QED) is 0.0795. The molecule has 3 aromatic carbocycles. The molecule has 11 nitrogen and oxygen atoms in total. The molecular weight excluding hydrogens is 583 g/mol. The summed E-state index contributed by atoms with van der Waals surface area (Å²) >= 11 is 5.38. The van der Waals surface area contributed by atoms with Crippen molar-refractivity contribution < 1.29 is 38.3 Å². The first-order chi connectivity index (χ1) is 20.0. The number of carboxylic acid groups (broad SMARTS) is 1. The molecule has 0 aromatic heterocycles. The molecule has 0 unspecified atom stereocenters. The van der Waals surface area contributed by atoms with E-state index in [1.807, 2.05) is 0 Å². The second-order valence-corrected chi connectivity index (χ2v) is 10.8. The van der Waals surface area contributed by atoms with Crippen molar-refractivity contribution in [1.82, 2.24) is 5.32 Å². The van der Waals surface area contributed by atoms with E-state index < -0.39 is 13.8 Å². The lowest BCUT2D eigenvalue weighted by Gasteiger charge is -2.18. The number of phosphoric acid groups is 1. The van der Waals surface area contributed by atoms with Crippen LogP contribution in [0.3, 0.4) is 0 Å². The lowest BCUT2D eigenvalue weighted by molar-refractivity contribution is 0.0697. The zero-order valence-corrected chi connectivity index (χ0v) is 23.3. The maximum atomic E-state index is 12.4. The molecule has 1 aliphatic carbocycles. The number of phenols is 1. The summed E-state index contributed by atoms with van der Waals surface area (Å²) in [5, 5.41) is 26.9. The SMILES string of the molecule is O=C(O)c1cc(NC(=S)NCCc2ccc(OP(=O)(O)O)cc2)ccc1-c1c2ccc(=O)cc-2oc2cc(O)ccc12. The zero-order valence-electron chi connectivity index (χ0n) is 21.6. The van der Waals surface area contributed by atoms with Crippen molar-refractivity contribution in [2.24, 2.45) is 0 Å². The van der Waals surface area contributed by atoms with E-state index in [2.05, 4.69) is 15.2 Å². The molecule has 6 N–H and O–H groups in total. The number of carbonyl (C=O) groups is 1. The molecule has 0 radical (unpaired) electrons. The van der Waals surface area contributed by atoms with Crippen molar-refractivity contribution >= 4 is 47.8 Å². The molecule has 0 saturated carbocycles. The number of phenolic OH excluding ortho intramolecular Hbond substituents is 1. The predicted octanol–water partition coefficient (Wildman–Crippen LogP) is 4.97. The number of benzene rings is 4. The fraction of sp³-hybridized carbons (Fsp3) is 0.0690. The molecule has 1 heterocycles. The smallest absolute Gasteiger partial charge is 0.508 e. The number of anilines is 1. The van der Waals surface area contributed by atoms with E-state index in [0.717, 1.165) is 5.56 Å². The number of nitrogens with one attached hydrogen (secondary N) is 2. The van der Waals surface area contributed by atoms with Crippen LogP contribution >= 0.6 is 20.0 Å². The van der Waals surface area contributed by atoms with Crippen molar-refractivity contribution in [1.29, 1.82) is 0 Å². The van der Waals surface area contributed by atoms with Gasteiger partial charge in [0.05, 0.1) is 5.56 Å². The summed E-state index contributed by atoms with van der Waals surface area (Å²) in [5.74, 6) is -0.919. The Hall–Kier alpha value is -4.74. The number of aromatic hydroxyl groups is 1. The predicted molar refractivity (Wildman–Crippen MR) is 160 cm³/mol. The second kappa shape index (κ2) is 11.6. The first-order valence-electron chi connectivity index (χ1n) is 12.4. The Balaban J connectivity index is 1.36. The third-order valence-corrected chi connectivity index (χ3v) is 7.00. The molecule has 13 heteroatoms. The fourth-order valence-corrected chi connectivity index (χ4v) is 5.13. The largest absolute Gasteiger partial charge is 0.524 e. The number of fused-ring (bicyclic) bond motifs is 2. The van der Waals surface area contributed by atoms with Crippen LogP contribution in [-0.2, 0) is 11.0 Å². The summed E-state index contributed by atoms with van der Waals surface area (Å²) in [5.41, 5.74) is 2.75. The monoisotopic (exact) mass is 606 g/mol. The van der Waals surface area contributed by atoms with Crippen LogP contribution in [0.1, 0.15) is 15.9 Å². The van der Waals surface area contributed by atoms with Crippen LogP contribution in [0.15, 0.2) is 88.1 Å². The van der Waals surface area contributed by atoms with Crippen molar-refractivity contribution in [3.8, 4) is 33.9 Å². The van der Waals surface area contributed by atoms with E-state index in [-0.39, 0.29) is 38.9 Å². The van der Waals surface area contributed by atoms with Gasteiger partial charge in [0, 0.05) is 40.9 Å². The van der Waals surface area contributed by atoms with Gasteiger partial charge in [-0.25, -0.2) is 9.36 Å². The second-order valence-electron chi connectivity index (χ2n) is 9.24. The molecule has 0 spiro atoms. The Morgan fingerprint density at radius 3 is 2.40 bits per heavy atom. The molecule has 1 aliphatic heterocycles. The van der Waals surface area contributed by atoms with Gasteiger partial charge < -0.3 is 29.8 Å². The van der Waals surface area contributed by atoms with Crippen LogP contribution in [0.4, 0.5) is 5.69 Å². The third-order valence-electron chi connectivity index (χ3n) is 6.30. The topological polar surface area (TPSA) is 179 Å². The van der Waals surface area contributed by atoms with Gasteiger partial charge in [-0.05, 0) is 78.3 Å². The minimum absolute atomic E-state index is 0.0199. The summed E-state index contributed by atoms with van der Waals surface area (Å²) in [6, 6.07) is 19.8. The van der Waals surface area contributed by atoms with E-state index >= 15 is 0 Å². The zero-order chi connectivity index (χ0) is 30.0. The Kier molecular flexibility index (Phi) is 7.97. The number of thiocarbonyl (C=S) groups is 1. The van der Waals surface area contributed by atoms with Gasteiger partial charge in [0.15, 0.2) is 10.5 Å². The highest BCUT2D eigenvalue weighted by molar-refractivity contribution is 7.80. The van der Waals surface area contributed by atoms with E-state index in [1.54, 1.807) is 36.4 Å². The number of hydrogen-bond acceptors (Lipinski definition) is 7. The number of hydrogen-bond donors (Lipinski definition) is 6. The van der Waals surface area contributed by atoms with Gasteiger partial charge in [-0.15, -0.1) is 0 Å². The number of carboxylic acids is 1. The third kappa shape index (κ3) is 6.59. The summed E-state index contributed by atoms with van der Waals surface area (Å²) in [6.45, 7) is 0.425. The summed E-state index contributed by atoms with van der Waals surface area (Å²) < 4.78 is 21.3. The van der Waals surface area contributed by atoms with Crippen molar-refractivity contribution in [2.45, 2.75) is 6.42 Å². The number of phosphoric ester groups is 1. The van der Waals surface area contributed by atoms with Crippen LogP contribution in [0.5, 0.6) is 11.5 Å². The molecule has 3 aromatic rings. The Labute approximate surface area is 243 Å². The molecule has 5 rings (SSSR count). The summed E-state index contributed by atoms with van der Waals surface area (Å²) in [7, 11) is -4.63. The molecule has 214 valence electrons. The molecule has 42 heavy (non-hydrogen) atoms.